The molecule has 4 nitrogen and oxygen atoms in total. The third-order valence-corrected chi connectivity index (χ3v) is 5.74. The Kier molecular flexibility index (Phi) is 4.41. The molecule has 4 heteroatoms. The standard InChI is InChI=1S/C24H22N4/c1-28(2)22-12-11-19(15-7-3-5-9-17(15)22)23-18-10-6-4-8-16(18)20(13-25)24(27)21(23)14-26/h3,5,7,9,11-12H,4,6,8,10,27H2,1-2H3. The fraction of sp³-hybridized carbons (Fsp3) is 0.250. The molecule has 1 aliphatic carbocycles. The van der Waals surface area contributed by atoms with E-state index in [9.17, 15) is 10.5 Å². The molecule has 0 heterocycles. The van der Waals surface area contributed by atoms with Crippen molar-refractivity contribution in [1.29, 1.82) is 10.5 Å². The van der Waals surface area contributed by atoms with Gasteiger partial charge in [-0.15, -0.1) is 0 Å². The number of nitriles is 2. The maximum Gasteiger partial charge on any atom is 0.102 e. The molecule has 0 amide bonds. The number of hydrogen-bond donors (Lipinski definition) is 1. The van der Waals surface area contributed by atoms with Gasteiger partial charge in [-0.25, -0.2) is 0 Å². The first-order chi connectivity index (χ1) is 13.6. The third-order valence-electron chi connectivity index (χ3n) is 5.74. The first-order valence-electron chi connectivity index (χ1n) is 9.55. The van der Waals surface area contributed by atoms with Crippen molar-refractivity contribution in [1.82, 2.24) is 0 Å². The molecule has 0 saturated heterocycles. The number of nitrogen functional groups attached to an aromatic ring is 1. The Morgan fingerprint density at radius 2 is 1.50 bits per heavy atom. The minimum absolute atomic E-state index is 0.321. The van der Waals surface area contributed by atoms with E-state index in [0.717, 1.165) is 64.4 Å². The van der Waals surface area contributed by atoms with E-state index in [2.05, 4.69) is 41.3 Å². The van der Waals surface area contributed by atoms with Crippen molar-refractivity contribution in [3.05, 3.63) is 58.7 Å². The van der Waals surface area contributed by atoms with Crippen LogP contribution in [0.25, 0.3) is 21.9 Å². The van der Waals surface area contributed by atoms with Gasteiger partial charge in [0.2, 0.25) is 0 Å². The summed E-state index contributed by atoms with van der Waals surface area (Å²) >= 11 is 0. The van der Waals surface area contributed by atoms with E-state index in [1.54, 1.807) is 0 Å². The van der Waals surface area contributed by atoms with Gasteiger partial charge in [-0.3, -0.25) is 0 Å². The van der Waals surface area contributed by atoms with Gasteiger partial charge in [0.25, 0.3) is 0 Å². The minimum Gasteiger partial charge on any atom is -0.397 e. The molecule has 3 aromatic rings. The average Bonchev–Trinajstić information content (AvgIpc) is 2.72. The van der Waals surface area contributed by atoms with Gasteiger partial charge >= 0.3 is 0 Å². The van der Waals surface area contributed by atoms with Crippen molar-refractivity contribution < 1.29 is 0 Å². The summed E-state index contributed by atoms with van der Waals surface area (Å²) in [5, 5.41) is 21.9. The lowest BCUT2D eigenvalue weighted by atomic mass is 9.79. The van der Waals surface area contributed by atoms with Gasteiger partial charge in [0.15, 0.2) is 0 Å². The highest BCUT2D eigenvalue weighted by atomic mass is 15.1. The van der Waals surface area contributed by atoms with E-state index in [-0.39, 0.29) is 0 Å². The normalized spacial score (nSPS) is 12.9. The zero-order valence-corrected chi connectivity index (χ0v) is 16.2. The second-order valence-corrected chi connectivity index (χ2v) is 7.50. The maximum absolute atomic E-state index is 9.95. The average molecular weight is 366 g/mol. The zero-order chi connectivity index (χ0) is 19.8. The lowest BCUT2D eigenvalue weighted by Crippen LogP contribution is -2.13. The molecule has 4 rings (SSSR count). The van der Waals surface area contributed by atoms with E-state index in [0.29, 0.717) is 16.8 Å². The zero-order valence-electron chi connectivity index (χ0n) is 16.2. The molecule has 0 radical (unpaired) electrons. The molecule has 28 heavy (non-hydrogen) atoms. The number of benzene rings is 3. The number of nitrogens with two attached hydrogens (primary N) is 1. The molecule has 138 valence electrons. The summed E-state index contributed by atoms with van der Waals surface area (Å²) in [5.74, 6) is 0. The van der Waals surface area contributed by atoms with Crippen LogP contribution in [-0.4, -0.2) is 14.1 Å². The van der Waals surface area contributed by atoms with Gasteiger partial charge in [0.05, 0.1) is 16.8 Å². The fourth-order valence-corrected chi connectivity index (χ4v) is 4.46. The molecule has 0 bridgehead atoms. The molecular formula is C24H22N4. The summed E-state index contributed by atoms with van der Waals surface area (Å²) in [6.45, 7) is 0. The van der Waals surface area contributed by atoms with Gasteiger partial charge in [0.1, 0.15) is 12.1 Å². The van der Waals surface area contributed by atoms with Crippen LogP contribution < -0.4 is 10.6 Å². The second-order valence-electron chi connectivity index (χ2n) is 7.50. The molecule has 0 atom stereocenters. The molecule has 0 spiro atoms. The van der Waals surface area contributed by atoms with Crippen molar-refractivity contribution in [3.8, 4) is 23.3 Å². The monoisotopic (exact) mass is 366 g/mol. The highest BCUT2D eigenvalue weighted by Gasteiger charge is 2.26. The Labute approximate surface area is 165 Å². The second kappa shape index (κ2) is 6.91. The van der Waals surface area contributed by atoms with E-state index in [4.69, 9.17) is 5.73 Å². The topological polar surface area (TPSA) is 76.8 Å². The van der Waals surface area contributed by atoms with Gasteiger partial charge in [-0.05, 0) is 53.8 Å². The predicted octanol–water partition coefficient (Wildman–Crippen LogP) is 4.78. The van der Waals surface area contributed by atoms with Crippen LogP contribution in [0.4, 0.5) is 11.4 Å². The number of rotatable bonds is 2. The maximum atomic E-state index is 9.95. The van der Waals surface area contributed by atoms with E-state index < -0.39 is 0 Å². The molecule has 0 aromatic heterocycles. The lowest BCUT2D eigenvalue weighted by Gasteiger charge is -2.25. The Morgan fingerprint density at radius 3 is 2.14 bits per heavy atom. The number of hydrogen-bond acceptors (Lipinski definition) is 4. The van der Waals surface area contributed by atoms with Crippen LogP contribution in [-0.2, 0) is 12.8 Å². The minimum atomic E-state index is 0.321. The molecule has 0 saturated carbocycles. The van der Waals surface area contributed by atoms with Gasteiger partial charge in [-0.2, -0.15) is 10.5 Å². The van der Waals surface area contributed by atoms with Crippen LogP contribution in [0.15, 0.2) is 36.4 Å². The van der Waals surface area contributed by atoms with Gasteiger partial charge < -0.3 is 10.6 Å². The number of anilines is 2. The summed E-state index contributed by atoms with van der Waals surface area (Å²) < 4.78 is 0. The highest BCUT2D eigenvalue weighted by Crippen LogP contribution is 2.43. The van der Waals surface area contributed by atoms with Crippen LogP contribution in [0.5, 0.6) is 0 Å². The molecule has 0 fully saturated rings. The van der Waals surface area contributed by atoms with Crippen LogP contribution >= 0.6 is 0 Å². The summed E-state index contributed by atoms with van der Waals surface area (Å²) in [6.07, 6.45) is 3.83. The largest absolute Gasteiger partial charge is 0.397 e. The molecule has 0 unspecified atom stereocenters. The molecule has 0 aliphatic heterocycles. The quantitative estimate of drug-likeness (QED) is 0.662. The predicted molar refractivity (Wildman–Crippen MR) is 114 cm³/mol. The van der Waals surface area contributed by atoms with Crippen LogP contribution in [0, 0.1) is 22.7 Å². The van der Waals surface area contributed by atoms with E-state index in [1.165, 1.54) is 0 Å². The SMILES string of the molecule is CN(C)c1ccc(-c2c(C#N)c(N)c(C#N)c3c2CCCC3)c2ccccc12. The summed E-state index contributed by atoms with van der Waals surface area (Å²) in [6, 6.07) is 17.0. The van der Waals surface area contributed by atoms with Crippen molar-refractivity contribution in [2.75, 3.05) is 24.7 Å². The Morgan fingerprint density at radius 1 is 0.857 bits per heavy atom. The molecule has 1 aliphatic rings. The highest BCUT2D eigenvalue weighted by molar-refractivity contribution is 6.06. The fourth-order valence-electron chi connectivity index (χ4n) is 4.46. The van der Waals surface area contributed by atoms with Crippen molar-refractivity contribution in [2.45, 2.75) is 25.7 Å². The Bertz CT molecular complexity index is 1180. The van der Waals surface area contributed by atoms with Crippen molar-refractivity contribution in [2.24, 2.45) is 0 Å². The molecular weight excluding hydrogens is 344 g/mol. The van der Waals surface area contributed by atoms with E-state index in [1.807, 2.05) is 26.2 Å². The van der Waals surface area contributed by atoms with Gasteiger partial charge in [-0.1, -0.05) is 30.3 Å². The first kappa shape index (κ1) is 17.9. The molecule has 3 aromatic carbocycles. The first-order valence-corrected chi connectivity index (χ1v) is 9.55. The number of nitrogens with zero attached hydrogens (tertiary/aromatic N) is 3. The number of fused-ring (bicyclic) bond motifs is 2. The summed E-state index contributed by atoms with van der Waals surface area (Å²) in [5.41, 5.74) is 12.8. The van der Waals surface area contributed by atoms with Crippen molar-refractivity contribution >= 4 is 22.1 Å². The Balaban J connectivity index is 2.15. The lowest BCUT2D eigenvalue weighted by molar-refractivity contribution is 0.685. The summed E-state index contributed by atoms with van der Waals surface area (Å²) in [4.78, 5) is 2.10. The third kappa shape index (κ3) is 2.58. The van der Waals surface area contributed by atoms with Crippen LogP contribution in [0.1, 0.15) is 35.1 Å². The van der Waals surface area contributed by atoms with Gasteiger partial charge in [0, 0.05) is 30.7 Å². The van der Waals surface area contributed by atoms with Crippen LogP contribution in [0.3, 0.4) is 0 Å². The van der Waals surface area contributed by atoms with E-state index >= 15 is 0 Å². The molecule has 2 N–H and O–H groups in total. The van der Waals surface area contributed by atoms with Crippen LogP contribution in [0.2, 0.25) is 0 Å². The smallest absolute Gasteiger partial charge is 0.102 e. The Hall–Kier alpha value is -3.50. The van der Waals surface area contributed by atoms with Crippen molar-refractivity contribution in [3.63, 3.8) is 0 Å². The summed E-state index contributed by atoms with van der Waals surface area (Å²) in [7, 11) is 4.06.